The summed E-state index contributed by atoms with van der Waals surface area (Å²) in [7, 11) is 0. The zero-order valence-corrected chi connectivity index (χ0v) is 9.66. The van der Waals surface area contributed by atoms with E-state index in [0.717, 1.165) is 16.8 Å². The Kier molecular flexibility index (Phi) is 2.68. The number of hydrogen-bond acceptors (Lipinski definition) is 3. The van der Waals surface area contributed by atoms with Crippen LogP contribution in [0.5, 0.6) is 0 Å². The van der Waals surface area contributed by atoms with Crippen LogP contribution in [0.3, 0.4) is 0 Å². The molecule has 2 heterocycles. The second-order valence-corrected chi connectivity index (χ2v) is 4.34. The molecule has 0 amide bonds. The molecule has 1 aliphatic heterocycles. The predicted molar refractivity (Wildman–Crippen MR) is 64.6 cm³/mol. The van der Waals surface area contributed by atoms with Crippen LogP contribution in [0.15, 0.2) is 29.1 Å². The average Bonchev–Trinajstić information content (AvgIpc) is 2.81. The summed E-state index contributed by atoms with van der Waals surface area (Å²) in [6.07, 6.45) is 0.503. The molecule has 0 atom stereocenters. The fourth-order valence-electron chi connectivity index (χ4n) is 2.11. The van der Waals surface area contributed by atoms with Crippen molar-refractivity contribution in [3.63, 3.8) is 0 Å². The van der Waals surface area contributed by atoms with Crippen molar-refractivity contribution < 1.29 is 4.39 Å². The quantitative estimate of drug-likeness (QED) is 0.833. The summed E-state index contributed by atoms with van der Waals surface area (Å²) >= 11 is 0. The number of hydrogen-bond donors (Lipinski definition) is 2. The van der Waals surface area contributed by atoms with Crippen molar-refractivity contribution in [1.29, 1.82) is 0 Å². The van der Waals surface area contributed by atoms with Crippen molar-refractivity contribution in [2.24, 2.45) is 0 Å². The highest BCUT2D eigenvalue weighted by atomic mass is 19.1. The summed E-state index contributed by atoms with van der Waals surface area (Å²) in [5.74, 6) is 0.354. The zero-order chi connectivity index (χ0) is 12.5. The largest absolute Gasteiger partial charge is 0.310 e. The molecule has 3 rings (SSSR count). The molecule has 2 aromatic rings. The summed E-state index contributed by atoms with van der Waals surface area (Å²) in [5, 5.41) is 3.09. The van der Waals surface area contributed by atoms with E-state index in [4.69, 9.17) is 0 Å². The van der Waals surface area contributed by atoms with Crippen LogP contribution in [-0.4, -0.2) is 9.97 Å². The molecule has 0 unspecified atom stereocenters. The smallest absolute Gasteiger partial charge is 0.255 e. The first-order valence-electron chi connectivity index (χ1n) is 5.78. The summed E-state index contributed by atoms with van der Waals surface area (Å²) in [5.41, 5.74) is 2.38. The lowest BCUT2D eigenvalue weighted by molar-refractivity contribution is 0.627. The maximum absolute atomic E-state index is 12.8. The Bertz CT molecular complexity index is 634. The van der Waals surface area contributed by atoms with Crippen LogP contribution < -0.4 is 10.9 Å². The normalized spacial score (nSPS) is 13.6. The highest BCUT2D eigenvalue weighted by Gasteiger charge is 2.16. The van der Waals surface area contributed by atoms with Crippen LogP contribution in [0.1, 0.15) is 22.6 Å². The molecule has 0 saturated carbocycles. The minimum Gasteiger partial charge on any atom is -0.310 e. The Morgan fingerprint density at radius 3 is 2.78 bits per heavy atom. The van der Waals surface area contributed by atoms with Crippen LogP contribution in [0.2, 0.25) is 0 Å². The van der Waals surface area contributed by atoms with E-state index in [1.165, 1.54) is 12.1 Å². The van der Waals surface area contributed by atoms with Crippen molar-refractivity contribution in [1.82, 2.24) is 15.3 Å². The van der Waals surface area contributed by atoms with Crippen LogP contribution in [0.25, 0.3) is 0 Å². The summed E-state index contributed by atoms with van der Waals surface area (Å²) in [6, 6.07) is 6.20. The lowest BCUT2D eigenvalue weighted by Gasteiger charge is -2.03. The Labute approximate surface area is 103 Å². The predicted octanol–water partition coefficient (Wildman–Crippen LogP) is 1.10. The second kappa shape index (κ2) is 4.34. The van der Waals surface area contributed by atoms with Crippen molar-refractivity contribution in [2.45, 2.75) is 19.5 Å². The number of aromatic amines is 1. The van der Waals surface area contributed by atoms with Gasteiger partial charge < -0.3 is 10.3 Å². The highest BCUT2D eigenvalue weighted by molar-refractivity contribution is 5.24. The Hall–Kier alpha value is -2.01. The third kappa shape index (κ3) is 2.04. The molecule has 0 spiro atoms. The standard InChI is InChI=1S/C13H12FN3O/c14-9-3-1-8(2-4-9)5-12-16-11-7-15-6-10(11)13(18)17-12/h1-4,15H,5-7H2,(H,16,17,18). The SMILES string of the molecule is O=c1[nH]c(Cc2ccc(F)cc2)nc2c1CNC2. The van der Waals surface area contributed by atoms with E-state index in [-0.39, 0.29) is 11.4 Å². The molecule has 1 aliphatic rings. The highest BCUT2D eigenvalue weighted by Crippen LogP contribution is 2.10. The van der Waals surface area contributed by atoms with Crippen molar-refractivity contribution in [3.8, 4) is 0 Å². The number of fused-ring (bicyclic) bond motifs is 1. The number of aromatic nitrogens is 2. The molecule has 1 aromatic carbocycles. The van der Waals surface area contributed by atoms with Crippen LogP contribution in [-0.2, 0) is 19.5 Å². The van der Waals surface area contributed by atoms with Gasteiger partial charge in [0.25, 0.3) is 5.56 Å². The molecule has 0 aliphatic carbocycles. The molecule has 5 heteroatoms. The molecule has 92 valence electrons. The number of rotatable bonds is 2. The van der Waals surface area contributed by atoms with Crippen LogP contribution >= 0.6 is 0 Å². The van der Waals surface area contributed by atoms with Crippen LogP contribution in [0.4, 0.5) is 4.39 Å². The topological polar surface area (TPSA) is 57.8 Å². The molecular weight excluding hydrogens is 233 g/mol. The number of H-pyrrole nitrogens is 1. The maximum Gasteiger partial charge on any atom is 0.255 e. The van der Waals surface area contributed by atoms with E-state index in [2.05, 4.69) is 15.3 Å². The van der Waals surface area contributed by atoms with Gasteiger partial charge in [0, 0.05) is 19.5 Å². The van der Waals surface area contributed by atoms with Crippen molar-refractivity contribution in [2.75, 3.05) is 0 Å². The van der Waals surface area contributed by atoms with Gasteiger partial charge in [-0.25, -0.2) is 9.37 Å². The number of nitrogens with one attached hydrogen (secondary N) is 2. The second-order valence-electron chi connectivity index (χ2n) is 4.34. The summed E-state index contributed by atoms with van der Waals surface area (Å²) < 4.78 is 12.8. The number of nitrogens with zero attached hydrogens (tertiary/aromatic N) is 1. The Morgan fingerprint density at radius 1 is 1.22 bits per heavy atom. The third-order valence-corrected chi connectivity index (χ3v) is 3.03. The molecule has 0 fully saturated rings. The monoisotopic (exact) mass is 245 g/mol. The lowest BCUT2D eigenvalue weighted by Crippen LogP contribution is -2.17. The Balaban J connectivity index is 1.92. The van der Waals surface area contributed by atoms with Crippen molar-refractivity contribution in [3.05, 3.63) is 63.1 Å². The van der Waals surface area contributed by atoms with Crippen molar-refractivity contribution >= 4 is 0 Å². The molecule has 0 saturated heterocycles. The van der Waals surface area contributed by atoms with Gasteiger partial charge in [-0.15, -0.1) is 0 Å². The fourth-order valence-corrected chi connectivity index (χ4v) is 2.11. The Morgan fingerprint density at radius 2 is 2.00 bits per heavy atom. The molecule has 18 heavy (non-hydrogen) atoms. The van der Waals surface area contributed by atoms with Gasteiger partial charge in [0.05, 0.1) is 11.3 Å². The van der Waals surface area contributed by atoms with Gasteiger partial charge in [-0.05, 0) is 17.7 Å². The minimum absolute atomic E-state index is 0.0814. The average molecular weight is 245 g/mol. The first-order valence-corrected chi connectivity index (χ1v) is 5.78. The van der Waals surface area contributed by atoms with Gasteiger partial charge >= 0.3 is 0 Å². The van der Waals surface area contributed by atoms with E-state index in [1.54, 1.807) is 12.1 Å². The van der Waals surface area contributed by atoms with Gasteiger partial charge in [0.2, 0.25) is 0 Å². The van der Waals surface area contributed by atoms with Gasteiger partial charge in [0.1, 0.15) is 11.6 Å². The maximum atomic E-state index is 12.8. The number of benzene rings is 1. The lowest BCUT2D eigenvalue weighted by atomic mass is 10.1. The van der Waals surface area contributed by atoms with Gasteiger partial charge in [-0.2, -0.15) is 0 Å². The first-order chi connectivity index (χ1) is 8.72. The summed E-state index contributed by atoms with van der Waals surface area (Å²) in [6.45, 7) is 1.21. The van der Waals surface area contributed by atoms with E-state index >= 15 is 0 Å². The van der Waals surface area contributed by atoms with Gasteiger partial charge in [0.15, 0.2) is 0 Å². The molecule has 1 aromatic heterocycles. The van der Waals surface area contributed by atoms with Gasteiger partial charge in [-0.3, -0.25) is 4.79 Å². The molecular formula is C13H12FN3O. The van der Waals surface area contributed by atoms with Gasteiger partial charge in [-0.1, -0.05) is 12.1 Å². The summed E-state index contributed by atoms with van der Waals surface area (Å²) in [4.78, 5) is 19.0. The van der Waals surface area contributed by atoms with Crippen LogP contribution in [0, 0.1) is 5.82 Å². The molecule has 0 bridgehead atoms. The van der Waals surface area contributed by atoms with E-state index in [0.29, 0.717) is 25.3 Å². The van der Waals surface area contributed by atoms with E-state index < -0.39 is 0 Å². The third-order valence-electron chi connectivity index (χ3n) is 3.03. The zero-order valence-electron chi connectivity index (χ0n) is 9.66. The molecule has 4 nitrogen and oxygen atoms in total. The fraction of sp³-hybridized carbons (Fsp3) is 0.231. The number of halogens is 1. The minimum atomic E-state index is -0.265. The first kappa shape index (κ1) is 11.1. The molecule has 0 radical (unpaired) electrons. The van der Waals surface area contributed by atoms with E-state index in [1.807, 2.05) is 0 Å². The van der Waals surface area contributed by atoms with E-state index in [9.17, 15) is 9.18 Å². The molecule has 2 N–H and O–H groups in total.